The molecule has 2 atom stereocenters. The molecule has 0 radical (unpaired) electrons. The summed E-state index contributed by atoms with van der Waals surface area (Å²) in [6.07, 6.45) is -3.07. The topological polar surface area (TPSA) is 62.0 Å². The number of H-pyrrole nitrogens is 1. The van der Waals surface area contributed by atoms with Crippen LogP contribution in [0.25, 0.3) is 0 Å². The summed E-state index contributed by atoms with van der Waals surface area (Å²) in [5.41, 5.74) is 0.720. The van der Waals surface area contributed by atoms with Gasteiger partial charge in [0, 0.05) is 0 Å². The molecule has 26 heavy (non-hydrogen) atoms. The van der Waals surface area contributed by atoms with E-state index in [0.29, 0.717) is 18.4 Å². The Hall–Kier alpha value is -2.57. The second kappa shape index (κ2) is 6.63. The average molecular weight is 364 g/mol. The number of rotatable bonds is 2. The van der Waals surface area contributed by atoms with Crippen LogP contribution in [0.4, 0.5) is 13.2 Å². The highest BCUT2D eigenvalue weighted by Crippen LogP contribution is 2.37. The van der Waals surface area contributed by atoms with E-state index >= 15 is 0 Å². The Kier molecular flexibility index (Phi) is 4.64. The predicted octanol–water partition coefficient (Wildman–Crippen LogP) is 4.07. The maximum absolute atomic E-state index is 12.6. The molecule has 1 aliphatic carbocycles. The number of carbonyl (C=O) groups excluding carboxylic acids is 1. The number of aromatic amines is 1. The minimum absolute atomic E-state index is 0.268. The SMILES string of the molecule is Cc1ccc2c(c1)C(C)CCC2NC(=O)c1ccc(C(F)(F)F)[nH]c1=O. The number of halogens is 3. The average Bonchev–Trinajstić information content (AvgIpc) is 2.56. The largest absolute Gasteiger partial charge is 0.431 e. The first kappa shape index (κ1) is 18.2. The number of fused-ring (bicyclic) bond motifs is 1. The third-order valence-corrected chi connectivity index (χ3v) is 4.80. The number of nitrogens with one attached hydrogen (secondary N) is 2. The van der Waals surface area contributed by atoms with E-state index < -0.39 is 23.3 Å². The number of aryl methyl sites for hydroxylation is 1. The Morgan fingerprint density at radius 2 is 1.88 bits per heavy atom. The van der Waals surface area contributed by atoms with E-state index in [4.69, 9.17) is 0 Å². The van der Waals surface area contributed by atoms with Crippen molar-refractivity contribution in [2.75, 3.05) is 0 Å². The number of hydrogen-bond acceptors (Lipinski definition) is 2. The van der Waals surface area contributed by atoms with E-state index in [0.717, 1.165) is 29.2 Å². The fourth-order valence-electron chi connectivity index (χ4n) is 3.37. The molecule has 0 saturated carbocycles. The Morgan fingerprint density at radius 1 is 1.15 bits per heavy atom. The molecular weight excluding hydrogens is 345 g/mol. The van der Waals surface area contributed by atoms with Crippen LogP contribution >= 0.6 is 0 Å². The minimum Gasteiger partial charge on any atom is -0.345 e. The molecule has 0 bridgehead atoms. The smallest absolute Gasteiger partial charge is 0.345 e. The molecule has 4 nitrogen and oxygen atoms in total. The number of pyridine rings is 1. The van der Waals surface area contributed by atoms with Gasteiger partial charge in [0.15, 0.2) is 0 Å². The first-order valence-corrected chi connectivity index (χ1v) is 8.38. The zero-order valence-electron chi connectivity index (χ0n) is 14.4. The molecule has 1 heterocycles. The Labute approximate surface area is 148 Å². The van der Waals surface area contributed by atoms with Crippen LogP contribution in [-0.2, 0) is 6.18 Å². The Bertz CT molecular complexity index is 902. The van der Waals surface area contributed by atoms with Crippen molar-refractivity contribution in [2.24, 2.45) is 0 Å². The molecule has 138 valence electrons. The summed E-state index contributed by atoms with van der Waals surface area (Å²) in [5.74, 6) is -0.307. The van der Waals surface area contributed by atoms with Gasteiger partial charge in [0.05, 0.1) is 6.04 Å². The van der Waals surface area contributed by atoms with Crippen molar-refractivity contribution in [1.82, 2.24) is 10.3 Å². The molecule has 2 N–H and O–H groups in total. The number of carbonyl (C=O) groups is 1. The van der Waals surface area contributed by atoms with E-state index in [1.807, 2.05) is 19.1 Å². The van der Waals surface area contributed by atoms with Gasteiger partial charge >= 0.3 is 6.18 Å². The fraction of sp³-hybridized carbons (Fsp3) is 0.368. The van der Waals surface area contributed by atoms with E-state index in [2.05, 4.69) is 18.3 Å². The van der Waals surface area contributed by atoms with Crippen molar-refractivity contribution in [3.05, 3.63) is 68.6 Å². The Balaban J connectivity index is 1.86. The predicted molar refractivity (Wildman–Crippen MR) is 91.1 cm³/mol. The summed E-state index contributed by atoms with van der Waals surface area (Å²) in [6, 6.07) is 7.36. The van der Waals surface area contributed by atoms with Crippen molar-refractivity contribution in [1.29, 1.82) is 0 Å². The second-order valence-corrected chi connectivity index (χ2v) is 6.75. The standard InChI is InChI=1S/C19H19F3N2O2/c1-10-3-5-12-14(9-10)11(2)4-7-15(12)23-17(25)13-6-8-16(19(20,21)22)24-18(13)26/h3,5-6,8-9,11,15H,4,7H2,1-2H3,(H,23,25)(H,24,26). The van der Waals surface area contributed by atoms with Crippen molar-refractivity contribution in [3.8, 4) is 0 Å². The number of amides is 1. The lowest BCUT2D eigenvalue weighted by atomic mass is 9.80. The van der Waals surface area contributed by atoms with Gasteiger partial charge in [-0.1, -0.05) is 30.7 Å². The number of benzene rings is 1. The van der Waals surface area contributed by atoms with Crippen molar-refractivity contribution < 1.29 is 18.0 Å². The summed E-state index contributed by atoms with van der Waals surface area (Å²) in [6.45, 7) is 4.12. The lowest BCUT2D eigenvalue weighted by Crippen LogP contribution is -2.35. The molecule has 0 aliphatic heterocycles. The van der Waals surface area contributed by atoms with Gasteiger partial charge in [0.1, 0.15) is 11.3 Å². The molecule has 0 fully saturated rings. The van der Waals surface area contributed by atoms with Gasteiger partial charge in [-0.2, -0.15) is 13.2 Å². The molecule has 3 rings (SSSR count). The summed E-state index contributed by atoms with van der Waals surface area (Å²) in [5, 5.41) is 2.79. The normalized spacial score (nSPS) is 19.7. The molecule has 0 saturated heterocycles. The molecular formula is C19H19F3N2O2. The van der Waals surface area contributed by atoms with E-state index in [1.165, 1.54) is 0 Å². The lowest BCUT2D eigenvalue weighted by Gasteiger charge is -2.30. The highest BCUT2D eigenvalue weighted by Gasteiger charge is 2.33. The van der Waals surface area contributed by atoms with Crippen LogP contribution in [-0.4, -0.2) is 10.9 Å². The van der Waals surface area contributed by atoms with Crippen LogP contribution in [0.1, 0.15) is 64.5 Å². The van der Waals surface area contributed by atoms with Crippen LogP contribution in [0.15, 0.2) is 35.1 Å². The van der Waals surface area contributed by atoms with Crippen molar-refractivity contribution >= 4 is 5.91 Å². The lowest BCUT2D eigenvalue weighted by molar-refractivity contribution is -0.141. The van der Waals surface area contributed by atoms with Gasteiger partial charge in [-0.15, -0.1) is 0 Å². The molecule has 2 unspecified atom stereocenters. The molecule has 0 spiro atoms. The number of aromatic nitrogens is 1. The first-order chi connectivity index (χ1) is 12.2. The van der Waals surface area contributed by atoms with E-state index in [9.17, 15) is 22.8 Å². The van der Waals surface area contributed by atoms with Crippen LogP contribution in [0.3, 0.4) is 0 Å². The van der Waals surface area contributed by atoms with Crippen molar-refractivity contribution in [3.63, 3.8) is 0 Å². The van der Waals surface area contributed by atoms with Gasteiger partial charge in [-0.25, -0.2) is 0 Å². The van der Waals surface area contributed by atoms with Gasteiger partial charge in [-0.05, 0) is 48.9 Å². The zero-order chi connectivity index (χ0) is 19.1. The fourth-order valence-corrected chi connectivity index (χ4v) is 3.37. The summed E-state index contributed by atoms with van der Waals surface area (Å²) < 4.78 is 37.9. The monoisotopic (exact) mass is 364 g/mol. The highest BCUT2D eigenvalue weighted by atomic mass is 19.4. The third kappa shape index (κ3) is 3.52. The van der Waals surface area contributed by atoms with Crippen LogP contribution in [0.2, 0.25) is 0 Å². The van der Waals surface area contributed by atoms with Crippen LogP contribution < -0.4 is 10.9 Å². The molecule has 1 aromatic heterocycles. The van der Waals surface area contributed by atoms with E-state index in [1.54, 1.807) is 4.98 Å². The quantitative estimate of drug-likeness (QED) is 0.844. The van der Waals surface area contributed by atoms with Crippen LogP contribution in [0.5, 0.6) is 0 Å². The Morgan fingerprint density at radius 3 is 2.54 bits per heavy atom. The van der Waals surface area contributed by atoms with E-state index in [-0.39, 0.29) is 11.6 Å². The molecule has 7 heteroatoms. The van der Waals surface area contributed by atoms with Gasteiger partial charge in [-0.3, -0.25) is 9.59 Å². The molecule has 1 aromatic carbocycles. The molecule has 1 aliphatic rings. The molecule has 1 amide bonds. The van der Waals surface area contributed by atoms with Gasteiger partial charge in [0.25, 0.3) is 11.5 Å². The summed E-state index contributed by atoms with van der Waals surface area (Å²) in [4.78, 5) is 26.1. The van der Waals surface area contributed by atoms with Gasteiger partial charge in [0.2, 0.25) is 0 Å². The maximum Gasteiger partial charge on any atom is 0.431 e. The first-order valence-electron chi connectivity index (χ1n) is 8.38. The third-order valence-electron chi connectivity index (χ3n) is 4.80. The summed E-state index contributed by atoms with van der Waals surface area (Å²) >= 11 is 0. The van der Waals surface area contributed by atoms with Crippen LogP contribution in [0, 0.1) is 6.92 Å². The number of alkyl halides is 3. The second-order valence-electron chi connectivity index (χ2n) is 6.75. The maximum atomic E-state index is 12.6. The molecule has 2 aromatic rings. The highest BCUT2D eigenvalue weighted by molar-refractivity contribution is 5.94. The minimum atomic E-state index is -4.66. The number of hydrogen-bond donors (Lipinski definition) is 2. The zero-order valence-corrected chi connectivity index (χ0v) is 14.4. The summed E-state index contributed by atoms with van der Waals surface area (Å²) in [7, 11) is 0. The van der Waals surface area contributed by atoms with Gasteiger partial charge < -0.3 is 10.3 Å². The van der Waals surface area contributed by atoms with Crippen molar-refractivity contribution in [2.45, 2.75) is 44.8 Å².